The minimum absolute atomic E-state index is 0.0811. The molecule has 2 nitrogen and oxygen atoms in total. The summed E-state index contributed by atoms with van der Waals surface area (Å²) in [4.78, 5) is 11.9. The number of alkyl halides is 3. The summed E-state index contributed by atoms with van der Waals surface area (Å²) in [6.45, 7) is 1.68. The first kappa shape index (κ1) is 16.4. The van der Waals surface area contributed by atoms with Crippen molar-refractivity contribution < 1.29 is 22.4 Å². The van der Waals surface area contributed by atoms with Crippen molar-refractivity contribution in [3.05, 3.63) is 59.4 Å². The van der Waals surface area contributed by atoms with Crippen LogP contribution in [0, 0.1) is 12.7 Å². The van der Waals surface area contributed by atoms with Crippen molar-refractivity contribution >= 4 is 23.4 Å². The summed E-state index contributed by atoms with van der Waals surface area (Å²) in [6, 6.07) is 9.48. The average Bonchev–Trinajstić information content (AvgIpc) is 2.40. The van der Waals surface area contributed by atoms with E-state index in [1.54, 1.807) is 13.0 Å². The van der Waals surface area contributed by atoms with Crippen LogP contribution in [0.2, 0.25) is 0 Å². The Labute approximate surface area is 128 Å². The second kappa shape index (κ2) is 6.39. The lowest BCUT2D eigenvalue weighted by atomic mass is 10.2. The highest BCUT2D eigenvalue weighted by Crippen LogP contribution is 2.38. The molecule has 0 aliphatic carbocycles. The Bertz CT molecular complexity index is 700. The lowest BCUT2D eigenvalue weighted by Crippen LogP contribution is -2.15. The van der Waals surface area contributed by atoms with Crippen molar-refractivity contribution in [2.45, 2.75) is 17.3 Å². The van der Waals surface area contributed by atoms with E-state index >= 15 is 0 Å². The summed E-state index contributed by atoms with van der Waals surface area (Å²) < 4.78 is 51.2. The molecule has 7 heteroatoms. The normalized spacial score (nSPS) is 11.3. The monoisotopic (exact) mass is 329 g/mol. The number of amides is 1. The highest BCUT2D eigenvalue weighted by atomic mass is 32.2. The van der Waals surface area contributed by atoms with Crippen LogP contribution in [0.3, 0.4) is 0 Å². The van der Waals surface area contributed by atoms with Crippen molar-refractivity contribution in [2.75, 3.05) is 5.32 Å². The van der Waals surface area contributed by atoms with Crippen LogP contribution in [0.1, 0.15) is 15.9 Å². The summed E-state index contributed by atoms with van der Waals surface area (Å²) in [6.07, 6.45) is 0. The third-order valence-corrected chi connectivity index (χ3v) is 3.54. The molecule has 0 atom stereocenters. The first-order valence-electron chi connectivity index (χ1n) is 6.18. The molecule has 0 fully saturated rings. The SMILES string of the molecule is Cc1ccc(NC(=O)c2ccccc2SC(F)(F)F)c(F)c1. The molecule has 2 aromatic rings. The molecular weight excluding hydrogens is 318 g/mol. The molecule has 0 bridgehead atoms. The number of thioether (sulfide) groups is 1. The summed E-state index contributed by atoms with van der Waals surface area (Å²) in [5, 5.41) is 2.29. The van der Waals surface area contributed by atoms with Gasteiger partial charge in [-0.05, 0) is 48.5 Å². The Balaban J connectivity index is 2.26. The van der Waals surface area contributed by atoms with Gasteiger partial charge in [0, 0.05) is 4.90 Å². The molecule has 0 aromatic heterocycles. The number of nitrogens with one attached hydrogen (secondary N) is 1. The van der Waals surface area contributed by atoms with E-state index in [0.717, 1.165) is 0 Å². The third kappa shape index (κ3) is 4.24. The molecule has 0 spiro atoms. The highest BCUT2D eigenvalue weighted by Gasteiger charge is 2.31. The van der Waals surface area contributed by atoms with Crippen LogP contribution in [0.15, 0.2) is 47.4 Å². The fourth-order valence-electron chi connectivity index (χ4n) is 1.78. The zero-order chi connectivity index (χ0) is 16.3. The van der Waals surface area contributed by atoms with Gasteiger partial charge in [0.1, 0.15) is 5.82 Å². The van der Waals surface area contributed by atoms with Crippen molar-refractivity contribution in [1.29, 1.82) is 0 Å². The van der Waals surface area contributed by atoms with E-state index in [2.05, 4.69) is 5.32 Å². The van der Waals surface area contributed by atoms with Gasteiger partial charge >= 0.3 is 5.51 Å². The number of hydrogen-bond donors (Lipinski definition) is 1. The van der Waals surface area contributed by atoms with Gasteiger partial charge in [-0.15, -0.1) is 0 Å². The lowest BCUT2D eigenvalue weighted by Gasteiger charge is -2.12. The Kier molecular flexibility index (Phi) is 4.75. The summed E-state index contributed by atoms with van der Waals surface area (Å²) in [5.41, 5.74) is -4.08. The van der Waals surface area contributed by atoms with E-state index in [9.17, 15) is 22.4 Å². The maximum absolute atomic E-state index is 13.7. The smallest absolute Gasteiger partial charge is 0.319 e. The molecule has 1 N–H and O–H groups in total. The van der Waals surface area contributed by atoms with E-state index in [0.29, 0.717) is 5.56 Å². The Morgan fingerprint density at radius 2 is 1.82 bits per heavy atom. The van der Waals surface area contributed by atoms with Crippen LogP contribution in [-0.2, 0) is 0 Å². The summed E-state index contributed by atoms with van der Waals surface area (Å²) in [5.74, 6) is -1.44. The second-order valence-electron chi connectivity index (χ2n) is 4.48. The van der Waals surface area contributed by atoms with Gasteiger partial charge in [0.2, 0.25) is 0 Å². The van der Waals surface area contributed by atoms with Gasteiger partial charge in [-0.25, -0.2) is 4.39 Å². The number of anilines is 1. The molecule has 22 heavy (non-hydrogen) atoms. The molecule has 1 amide bonds. The molecule has 0 saturated carbocycles. The van der Waals surface area contributed by atoms with Crippen LogP contribution in [-0.4, -0.2) is 11.4 Å². The maximum atomic E-state index is 13.7. The first-order chi connectivity index (χ1) is 10.3. The lowest BCUT2D eigenvalue weighted by molar-refractivity contribution is -0.0328. The topological polar surface area (TPSA) is 29.1 Å². The quantitative estimate of drug-likeness (QED) is 0.634. The van der Waals surface area contributed by atoms with Gasteiger partial charge in [-0.1, -0.05) is 18.2 Å². The van der Waals surface area contributed by atoms with Gasteiger partial charge in [-0.2, -0.15) is 13.2 Å². The van der Waals surface area contributed by atoms with Crippen molar-refractivity contribution in [3.8, 4) is 0 Å². The maximum Gasteiger partial charge on any atom is 0.446 e. The number of rotatable bonds is 3. The van der Waals surface area contributed by atoms with Crippen molar-refractivity contribution in [1.82, 2.24) is 0 Å². The molecule has 116 valence electrons. The van der Waals surface area contributed by atoms with Crippen LogP contribution in [0.4, 0.5) is 23.2 Å². The molecule has 0 unspecified atom stereocenters. The van der Waals surface area contributed by atoms with Gasteiger partial charge in [0.25, 0.3) is 5.91 Å². The van der Waals surface area contributed by atoms with Gasteiger partial charge in [0.05, 0.1) is 11.3 Å². The number of halogens is 4. The molecule has 0 radical (unpaired) electrons. The standard InChI is InChI=1S/C15H11F4NOS/c1-9-6-7-12(11(16)8-9)20-14(21)10-4-2-3-5-13(10)22-15(17,18)19/h2-8H,1H3,(H,20,21). The van der Waals surface area contributed by atoms with E-state index in [1.807, 2.05) is 0 Å². The van der Waals surface area contributed by atoms with Crippen molar-refractivity contribution in [3.63, 3.8) is 0 Å². The fraction of sp³-hybridized carbons (Fsp3) is 0.133. The van der Waals surface area contributed by atoms with Crippen LogP contribution < -0.4 is 5.32 Å². The number of hydrogen-bond acceptors (Lipinski definition) is 2. The predicted octanol–water partition coefficient (Wildman–Crippen LogP) is 5.00. The fourth-order valence-corrected chi connectivity index (χ4v) is 2.45. The molecule has 0 saturated heterocycles. The Hall–Kier alpha value is -2.02. The highest BCUT2D eigenvalue weighted by molar-refractivity contribution is 8.00. The molecule has 2 aromatic carbocycles. The first-order valence-corrected chi connectivity index (χ1v) is 7.00. The number of benzene rings is 2. The van der Waals surface area contributed by atoms with Gasteiger partial charge in [-0.3, -0.25) is 4.79 Å². The Morgan fingerprint density at radius 1 is 1.14 bits per heavy atom. The largest absolute Gasteiger partial charge is 0.446 e. The third-order valence-electron chi connectivity index (χ3n) is 2.73. The number of carbonyl (C=O) groups excluding carboxylic acids is 1. The van der Waals surface area contributed by atoms with Crippen LogP contribution in [0.5, 0.6) is 0 Å². The van der Waals surface area contributed by atoms with E-state index in [1.165, 1.54) is 36.4 Å². The molecule has 0 aliphatic heterocycles. The van der Waals surface area contributed by atoms with E-state index in [-0.39, 0.29) is 27.9 Å². The van der Waals surface area contributed by atoms with Crippen LogP contribution in [0.25, 0.3) is 0 Å². The van der Waals surface area contributed by atoms with Gasteiger partial charge < -0.3 is 5.32 Å². The van der Waals surface area contributed by atoms with Crippen LogP contribution >= 0.6 is 11.8 Å². The van der Waals surface area contributed by atoms with Crippen molar-refractivity contribution in [2.24, 2.45) is 0 Å². The summed E-state index contributed by atoms with van der Waals surface area (Å²) in [7, 11) is 0. The van der Waals surface area contributed by atoms with E-state index < -0.39 is 17.2 Å². The van der Waals surface area contributed by atoms with Gasteiger partial charge in [0.15, 0.2) is 0 Å². The number of aryl methyl sites for hydroxylation is 1. The molecule has 0 aliphatic rings. The minimum atomic E-state index is -4.51. The summed E-state index contributed by atoms with van der Waals surface area (Å²) >= 11 is -0.382. The average molecular weight is 329 g/mol. The number of carbonyl (C=O) groups is 1. The Morgan fingerprint density at radius 3 is 2.45 bits per heavy atom. The zero-order valence-corrected chi connectivity index (χ0v) is 12.2. The zero-order valence-electron chi connectivity index (χ0n) is 11.4. The predicted molar refractivity (Wildman–Crippen MR) is 77.4 cm³/mol. The molecule has 2 rings (SSSR count). The molecule has 0 heterocycles. The minimum Gasteiger partial charge on any atom is -0.319 e. The second-order valence-corrected chi connectivity index (χ2v) is 5.59. The molecular formula is C15H11F4NOS. The van der Waals surface area contributed by atoms with E-state index in [4.69, 9.17) is 0 Å².